The fourth-order valence-corrected chi connectivity index (χ4v) is 3.03. The summed E-state index contributed by atoms with van der Waals surface area (Å²) in [6, 6.07) is 0. The van der Waals surface area contributed by atoms with Gasteiger partial charge in [0.15, 0.2) is 0 Å². The van der Waals surface area contributed by atoms with Crippen molar-refractivity contribution in [1.82, 2.24) is 24.3 Å². The second-order valence-corrected chi connectivity index (χ2v) is 6.91. The first-order valence-electron chi connectivity index (χ1n) is 9.46. The van der Waals surface area contributed by atoms with Crippen molar-refractivity contribution in [2.45, 2.75) is 26.9 Å². The average molecular weight is 395 g/mol. The van der Waals surface area contributed by atoms with E-state index in [-0.39, 0.29) is 32.1 Å². The molecule has 2 rings (SSSR count). The smallest absolute Gasteiger partial charge is 0.331 e. The third-order valence-corrected chi connectivity index (χ3v) is 4.63. The van der Waals surface area contributed by atoms with Gasteiger partial charge in [-0.1, -0.05) is 0 Å². The lowest BCUT2D eigenvalue weighted by Crippen LogP contribution is -2.49. The quantitative estimate of drug-likeness (QED) is 0.520. The highest BCUT2D eigenvalue weighted by molar-refractivity contribution is 5.78. The van der Waals surface area contributed by atoms with Gasteiger partial charge in [0.1, 0.15) is 6.54 Å². The first kappa shape index (κ1) is 21.8. The van der Waals surface area contributed by atoms with Gasteiger partial charge in [0.25, 0.3) is 5.56 Å². The molecule has 1 aromatic heterocycles. The van der Waals surface area contributed by atoms with Crippen LogP contribution < -0.4 is 16.6 Å². The third-order valence-electron chi connectivity index (χ3n) is 4.63. The van der Waals surface area contributed by atoms with E-state index in [1.54, 1.807) is 13.8 Å². The lowest BCUT2D eigenvalue weighted by molar-refractivity contribution is -0.143. The zero-order chi connectivity index (χ0) is 20.7. The van der Waals surface area contributed by atoms with Gasteiger partial charge >= 0.3 is 11.7 Å². The molecule has 28 heavy (non-hydrogen) atoms. The molecule has 1 fully saturated rings. The lowest BCUT2D eigenvalue weighted by Gasteiger charge is -2.31. The Hall–Kier alpha value is -2.46. The zero-order valence-electron chi connectivity index (χ0n) is 16.8. The summed E-state index contributed by atoms with van der Waals surface area (Å²) in [6.45, 7) is 7.21. The number of esters is 1. The summed E-state index contributed by atoms with van der Waals surface area (Å²) in [4.78, 5) is 52.8. The summed E-state index contributed by atoms with van der Waals surface area (Å²) in [5.41, 5.74) is -0.692. The second kappa shape index (κ2) is 10.2. The highest BCUT2D eigenvalue weighted by Crippen LogP contribution is 1.98. The van der Waals surface area contributed by atoms with Crippen LogP contribution in [0.4, 0.5) is 0 Å². The van der Waals surface area contributed by atoms with Crippen LogP contribution in [0.2, 0.25) is 0 Å². The number of nitrogens with one attached hydrogen (secondary N) is 1. The largest absolute Gasteiger partial charge is 0.465 e. The van der Waals surface area contributed by atoms with Gasteiger partial charge in [-0.25, -0.2) is 4.79 Å². The number of piperazine rings is 1. The second-order valence-electron chi connectivity index (χ2n) is 6.91. The summed E-state index contributed by atoms with van der Waals surface area (Å²) in [7, 11) is 2.05. The SMILES string of the molecule is CCOC(=O)Cn1cc(C)c(=O)n(CCNC(=O)CN2CCN(C)CC2)c1=O. The Labute approximate surface area is 163 Å². The summed E-state index contributed by atoms with van der Waals surface area (Å²) in [5.74, 6) is -0.688. The molecule has 0 spiro atoms. The molecule has 1 saturated heterocycles. The van der Waals surface area contributed by atoms with Crippen LogP contribution in [-0.2, 0) is 27.4 Å². The van der Waals surface area contributed by atoms with Crippen molar-refractivity contribution in [3.05, 3.63) is 32.6 Å². The van der Waals surface area contributed by atoms with E-state index in [1.165, 1.54) is 6.20 Å². The summed E-state index contributed by atoms with van der Waals surface area (Å²) in [5, 5.41) is 2.75. The van der Waals surface area contributed by atoms with E-state index in [9.17, 15) is 19.2 Å². The molecular formula is C18H29N5O5. The minimum atomic E-state index is -0.600. The standard InChI is InChI=1S/C18H29N5O5/c1-4-28-16(25)13-22-11-14(2)17(26)23(18(22)27)6-5-19-15(24)12-21-9-7-20(3)8-10-21/h11H,4-10,12-13H2,1-3H3,(H,19,24). The molecule has 0 aliphatic carbocycles. The van der Waals surface area contributed by atoms with Crippen LogP contribution in [0, 0.1) is 6.92 Å². The van der Waals surface area contributed by atoms with E-state index < -0.39 is 17.2 Å². The lowest BCUT2D eigenvalue weighted by atomic mass is 10.3. The number of rotatable bonds is 8. The van der Waals surface area contributed by atoms with Crippen LogP contribution in [0.1, 0.15) is 12.5 Å². The molecule has 0 saturated carbocycles. The number of nitrogens with zero attached hydrogens (tertiary/aromatic N) is 4. The van der Waals surface area contributed by atoms with Crippen molar-refractivity contribution in [3.8, 4) is 0 Å². The van der Waals surface area contributed by atoms with E-state index in [1.807, 2.05) is 7.05 Å². The van der Waals surface area contributed by atoms with E-state index in [0.29, 0.717) is 12.1 Å². The third kappa shape index (κ3) is 6.03. The molecule has 1 aromatic rings. The van der Waals surface area contributed by atoms with Crippen molar-refractivity contribution in [2.24, 2.45) is 0 Å². The van der Waals surface area contributed by atoms with Crippen LogP contribution in [0.3, 0.4) is 0 Å². The number of aryl methyl sites for hydroxylation is 1. The van der Waals surface area contributed by atoms with Crippen molar-refractivity contribution >= 4 is 11.9 Å². The van der Waals surface area contributed by atoms with E-state index in [0.717, 1.165) is 35.3 Å². The maximum atomic E-state index is 12.5. The number of hydrogen-bond donors (Lipinski definition) is 1. The molecule has 1 aliphatic heterocycles. The molecule has 1 aliphatic rings. The van der Waals surface area contributed by atoms with Gasteiger partial charge in [0.05, 0.1) is 13.2 Å². The Balaban J connectivity index is 1.94. The molecule has 0 bridgehead atoms. The minimum absolute atomic E-state index is 0.0383. The number of amides is 1. The number of carbonyl (C=O) groups is 2. The Kier molecular flexibility index (Phi) is 7.94. The normalized spacial score (nSPS) is 15.4. The number of aromatic nitrogens is 2. The van der Waals surface area contributed by atoms with E-state index in [4.69, 9.17) is 4.74 Å². The van der Waals surface area contributed by atoms with Gasteiger partial charge in [-0.3, -0.25) is 28.4 Å². The molecule has 10 heteroatoms. The Bertz CT molecular complexity index is 808. The Morgan fingerprint density at radius 3 is 2.46 bits per heavy atom. The molecule has 0 unspecified atom stereocenters. The van der Waals surface area contributed by atoms with Crippen molar-refractivity contribution < 1.29 is 14.3 Å². The monoisotopic (exact) mass is 395 g/mol. The summed E-state index contributed by atoms with van der Waals surface area (Å²) < 4.78 is 7.04. The van der Waals surface area contributed by atoms with Crippen LogP contribution >= 0.6 is 0 Å². The number of carbonyl (C=O) groups excluding carboxylic acids is 2. The molecule has 1 amide bonds. The highest BCUT2D eigenvalue weighted by Gasteiger charge is 2.17. The van der Waals surface area contributed by atoms with Gasteiger partial charge in [-0.15, -0.1) is 0 Å². The van der Waals surface area contributed by atoms with Gasteiger partial charge in [-0.2, -0.15) is 0 Å². The zero-order valence-corrected chi connectivity index (χ0v) is 16.8. The van der Waals surface area contributed by atoms with Crippen LogP contribution in [-0.4, -0.2) is 83.7 Å². The Morgan fingerprint density at radius 2 is 1.82 bits per heavy atom. The molecule has 0 atom stereocenters. The predicted octanol–water partition coefficient (Wildman–Crippen LogP) is -1.75. The highest BCUT2D eigenvalue weighted by atomic mass is 16.5. The minimum Gasteiger partial charge on any atom is -0.465 e. The maximum absolute atomic E-state index is 12.5. The van der Waals surface area contributed by atoms with E-state index in [2.05, 4.69) is 15.1 Å². The molecule has 156 valence electrons. The van der Waals surface area contributed by atoms with Crippen molar-refractivity contribution in [3.63, 3.8) is 0 Å². The number of ether oxygens (including phenoxy) is 1. The summed E-state index contributed by atoms with van der Waals surface area (Å²) >= 11 is 0. The topological polar surface area (TPSA) is 106 Å². The van der Waals surface area contributed by atoms with Crippen LogP contribution in [0.15, 0.2) is 15.8 Å². The van der Waals surface area contributed by atoms with Gasteiger partial charge < -0.3 is 15.0 Å². The number of likely N-dealkylation sites (N-methyl/N-ethyl adjacent to an activating group) is 1. The molecule has 10 nitrogen and oxygen atoms in total. The summed E-state index contributed by atoms with van der Waals surface area (Å²) in [6.07, 6.45) is 1.35. The molecule has 1 N–H and O–H groups in total. The molecule has 2 heterocycles. The van der Waals surface area contributed by atoms with Crippen molar-refractivity contribution in [2.75, 3.05) is 52.9 Å². The Morgan fingerprint density at radius 1 is 1.14 bits per heavy atom. The van der Waals surface area contributed by atoms with Gasteiger partial charge in [-0.05, 0) is 20.9 Å². The molecule has 0 radical (unpaired) electrons. The first-order chi connectivity index (χ1) is 13.3. The molecule has 0 aromatic carbocycles. The van der Waals surface area contributed by atoms with Crippen LogP contribution in [0.5, 0.6) is 0 Å². The number of hydrogen-bond acceptors (Lipinski definition) is 7. The van der Waals surface area contributed by atoms with E-state index >= 15 is 0 Å². The fraction of sp³-hybridized carbons (Fsp3) is 0.667. The van der Waals surface area contributed by atoms with Crippen molar-refractivity contribution in [1.29, 1.82) is 0 Å². The average Bonchev–Trinajstić information content (AvgIpc) is 2.64. The van der Waals surface area contributed by atoms with Gasteiger partial charge in [0.2, 0.25) is 5.91 Å². The van der Waals surface area contributed by atoms with Crippen LogP contribution in [0.25, 0.3) is 0 Å². The predicted molar refractivity (Wildman–Crippen MR) is 103 cm³/mol. The maximum Gasteiger partial charge on any atom is 0.331 e. The first-order valence-corrected chi connectivity index (χ1v) is 9.46. The van der Waals surface area contributed by atoms with Gasteiger partial charge in [0, 0.05) is 51.0 Å². The fourth-order valence-electron chi connectivity index (χ4n) is 3.03. The molecular weight excluding hydrogens is 366 g/mol.